The van der Waals surface area contributed by atoms with Crippen molar-refractivity contribution in [3.63, 3.8) is 0 Å². The average molecular weight is 446 g/mol. The van der Waals surface area contributed by atoms with Crippen LogP contribution in [0.3, 0.4) is 0 Å². The average Bonchev–Trinajstić information content (AvgIpc) is 2.48. The van der Waals surface area contributed by atoms with Crippen LogP contribution in [-0.2, 0) is 11.2 Å². The maximum Gasteiger partial charge on any atom is 0.410 e. The van der Waals surface area contributed by atoms with Gasteiger partial charge in [0.15, 0.2) is 0 Å². The molecule has 1 saturated heterocycles. The van der Waals surface area contributed by atoms with E-state index in [9.17, 15) is 9.90 Å². The monoisotopic (exact) mass is 444 g/mol. The highest BCUT2D eigenvalue weighted by Crippen LogP contribution is 2.56. The molecule has 1 amide bonds. The minimum absolute atomic E-state index is 0.135. The number of halogens is 2. The standard InChI is InChI=1S/C19H26BrClN2O3/c1-17(2,3)26-16(24)23-6-4-18(5-7-23)11-19(25,12-18)9-13-8-15(21)22-10-14(13)20/h8,10,25H,4-7,9,11-12H2,1-3H3. The van der Waals surface area contributed by atoms with Gasteiger partial charge in [-0.3, -0.25) is 0 Å². The second-order valence-corrected chi connectivity index (χ2v) is 10.1. The van der Waals surface area contributed by atoms with Crippen LogP contribution >= 0.6 is 27.5 Å². The molecule has 5 nitrogen and oxygen atoms in total. The van der Waals surface area contributed by atoms with Crippen molar-refractivity contribution in [3.8, 4) is 0 Å². The first-order chi connectivity index (χ1) is 12.0. The summed E-state index contributed by atoms with van der Waals surface area (Å²) in [4.78, 5) is 18.0. The van der Waals surface area contributed by atoms with Crippen molar-refractivity contribution in [2.24, 2.45) is 5.41 Å². The molecule has 1 spiro atoms. The van der Waals surface area contributed by atoms with E-state index in [1.807, 2.05) is 20.8 Å². The molecule has 144 valence electrons. The van der Waals surface area contributed by atoms with E-state index in [-0.39, 0.29) is 11.5 Å². The van der Waals surface area contributed by atoms with Gasteiger partial charge >= 0.3 is 6.09 Å². The molecule has 0 unspecified atom stereocenters. The summed E-state index contributed by atoms with van der Waals surface area (Å²) >= 11 is 9.46. The normalized spacial score (nSPS) is 21.4. The number of hydrogen-bond donors (Lipinski definition) is 1. The molecule has 0 bridgehead atoms. The summed E-state index contributed by atoms with van der Waals surface area (Å²) in [5, 5.41) is 11.4. The number of hydrogen-bond acceptors (Lipinski definition) is 4. The minimum Gasteiger partial charge on any atom is -0.444 e. The van der Waals surface area contributed by atoms with Crippen molar-refractivity contribution in [1.29, 1.82) is 0 Å². The fourth-order valence-electron chi connectivity index (χ4n) is 4.25. The molecule has 3 rings (SSSR count). The van der Waals surface area contributed by atoms with Crippen LogP contribution < -0.4 is 0 Å². The Hall–Kier alpha value is -0.850. The molecule has 1 aliphatic heterocycles. The van der Waals surface area contributed by atoms with Gasteiger partial charge in [0, 0.05) is 30.2 Å². The van der Waals surface area contributed by atoms with Gasteiger partial charge in [-0.2, -0.15) is 0 Å². The topological polar surface area (TPSA) is 62.7 Å². The third-order valence-corrected chi connectivity index (χ3v) is 6.23. The predicted molar refractivity (Wildman–Crippen MR) is 104 cm³/mol. The zero-order valence-corrected chi connectivity index (χ0v) is 17.9. The van der Waals surface area contributed by atoms with Crippen LogP contribution in [0.4, 0.5) is 4.79 Å². The first-order valence-corrected chi connectivity index (χ1v) is 10.2. The molecule has 0 atom stereocenters. The number of aliphatic hydroxyl groups is 1. The van der Waals surface area contributed by atoms with Gasteiger partial charge in [-0.15, -0.1) is 0 Å². The minimum atomic E-state index is -0.707. The quantitative estimate of drug-likeness (QED) is 0.677. The molecular weight excluding hydrogens is 420 g/mol. The lowest BCUT2D eigenvalue weighted by molar-refractivity contribution is -0.147. The summed E-state index contributed by atoms with van der Waals surface area (Å²) in [6, 6.07) is 1.81. The highest BCUT2D eigenvalue weighted by atomic mass is 79.9. The van der Waals surface area contributed by atoms with E-state index in [1.54, 1.807) is 17.2 Å². The van der Waals surface area contributed by atoms with Gasteiger partial charge in [-0.25, -0.2) is 9.78 Å². The maximum absolute atomic E-state index is 12.2. The Bertz CT molecular complexity index is 689. The van der Waals surface area contributed by atoms with Crippen LogP contribution in [0.2, 0.25) is 5.15 Å². The molecule has 0 radical (unpaired) electrons. The Balaban J connectivity index is 1.55. The summed E-state index contributed by atoms with van der Waals surface area (Å²) in [5.74, 6) is 0. The van der Waals surface area contributed by atoms with Crippen molar-refractivity contribution >= 4 is 33.6 Å². The van der Waals surface area contributed by atoms with E-state index in [0.29, 0.717) is 24.7 Å². The number of likely N-dealkylation sites (tertiary alicyclic amines) is 1. The number of carbonyl (C=O) groups excluding carboxylic acids is 1. The molecule has 0 aromatic carbocycles. The van der Waals surface area contributed by atoms with E-state index in [2.05, 4.69) is 20.9 Å². The number of aromatic nitrogens is 1. The lowest BCUT2D eigenvalue weighted by Crippen LogP contribution is -2.58. The Kier molecular flexibility index (Phi) is 5.32. The Labute approximate surface area is 168 Å². The molecule has 2 heterocycles. The van der Waals surface area contributed by atoms with E-state index >= 15 is 0 Å². The van der Waals surface area contributed by atoms with Gasteiger partial charge in [-0.1, -0.05) is 11.6 Å². The zero-order chi connectivity index (χ0) is 19.2. The van der Waals surface area contributed by atoms with Gasteiger partial charge in [0.2, 0.25) is 0 Å². The Morgan fingerprint density at radius 1 is 1.38 bits per heavy atom. The van der Waals surface area contributed by atoms with Crippen molar-refractivity contribution in [2.75, 3.05) is 13.1 Å². The van der Waals surface area contributed by atoms with Gasteiger partial charge < -0.3 is 14.7 Å². The largest absolute Gasteiger partial charge is 0.444 e. The number of ether oxygens (including phenoxy) is 1. The highest BCUT2D eigenvalue weighted by molar-refractivity contribution is 9.10. The highest BCUT2D eigenvalue weighted by Gasteiger charge is 2.54. The Morgan fingerprint density at radius 3 is 2.58 bits per heavy atom. The molecule has 7 heteroatoms. The molecule has 26 heavy (non-hydrogen) atoms. The fourth-order valence-corrected chi connectivity index (χ4v) is 4.79. The first kappa shape index (κ1) is 19.9. The summed E-state index contributed by atoms with van der Waals surface area (Å²) < 4.78 is 6.33. The van der Waals surface area contributed by atoms with Crippen molar-refractivity contribution in [1.82, 2.24) is 9.88 Å². The molecule has 1 N–H and O–H groups in total. The summed E-state index contributed by atoms with van der Waals surface area (Å²) in [5.41, 5.74) is -0.0615. The molecule has 1 aromatic rings. The smallest absolute Gasteiger partial charge is 0.410 e. The van der Waals surface area contributed by atoms with Crippen LogP contribution in [0.25, 0.3) is 0 Å². The van der Waals surface area contributed by atoms with Gasteiger partial charge in [0.05, 0.1) is 5.60 Å². The second-order valence-electron chi connectivity index (χ2n) is 8.82. The van der Waals surface area contributed by atoms with Crippen LogP contribution in [-0.4, -0.2) is 45.4 Å². The number of carbonyl (C=O) groups is 1. The van der Waals surface area contributed by atoms with Crippen molar-refractivity contribution in [3.05, 3.63) is 27.5 Å². The fraction of sp³-hybridized carbons (Fsp3) is 0.684. The lowest BCUT2D eigenvalue weighted by Gasteiger charge is -2.56. The van der Waals surface area contributed by atoms with Crippen LogP contribution in [0.5, 0.6) is 0 Å². The number of nitrogens with zero attached hydrogens (tertiary/aromatic N) is 2. The van der Waals surface area contributed by atoms with Crippen LogP contribution in [0.1, 0.15) is 52.0 Å². The van der Waals surface area contributed by atoms with Gasteiger partial charge in [0.25, 0.3) is 0 Å². The number of amides is 1. The summed E-state index contributed by atoms with van der Waals surface area (Å²) in [6.45, 7) is 7.02. The number of piperidine rings is 1. The van der Waals surface area contributed by atoms with E-state index < -0.39 is 11.2 Å². The molecule has 1 saturated carbocycles. The van der Waals surface area contributed by atoms with Crippen LogP contribution in [0, 0.1) is 5.41 Å². The summed E-state index contributed by atoms with van der Waals surface area (Å²) in [7, 11) is 0. The number of rotatable bonds is 2. The van der Waals surface area contributed by atoms with E-state index in [1.165, 1.54) is 0 Å². The van der Waals surface area contributed by atoms with Gasteiger partial charge in [0.1, 0.15) is 10.8 Å². The third-order valence-electron chi connectivity index (χ3n) is 5.30. The zero-order valence-electron chi connectivity index (χ0n) is 15.5. The second kappa shape index (κ2) is 6.95. The maximum atomic E-state index is 12.2. The van der Waals surface area contributed by atoms with Gasteiger partial charge in [-0.05, 0) is 79.4 Å². The number of pyridine rings is 1. The Morgan fingerprint density at radius 2 is 2.00 bits per heavy atom. The summed E-state index contributed by atoms with van der Waals surface area (Å²) in [6.07, 6.45) is 5.34. The predicted octanol–water partition coefficient (Wildman–Crippen LogP) is 4.58. The molecule has 1 aliphatic carbocycles. The van der Waals surface area contributed by atoms with E-state index in [0.717, 1.165) is 35.7 Å². The van der Waals surface area contributed by atoms with Crippen molar-refractivity contribution < 1.29 is 14.6 Å². The van der Waals surface area contributed by atoms with Crippen molar-refractivity contribution in [2.45, 2.75) is 64.1 Å². The SMILES string of the molecule is CC(C)(C)OC(=O)N1CCC2(CC1)CC(O)(Cc1cc(Cl)ncc1Br)C2. The molecule has 1 aromatic heterocycles. The first-order valence-electron chi connectivity index (χ1n) is 9.00. The molecule has 2 aliphatic rings. The van der Waals surface area contributed by atoms with Crippen LogP contribution in [0.15, 0.2) is 16.7 Å². The molecular formula is C19H26BrClN2O3. The lowest BCUT2D eigenvalue weighted by atomic mass is 9.54. The van der Waals surface area contributed by atoms with E-state index in [4.69, 9.17) is 16.3 Å². The molecule has 2 fully saturated rings. The third kappa shape index (κ3) is 4.52.